The van der Waals surface area contributed by atoms with Crippen LogP contribution in [0.25, 0.3) is 0 Å². The maximum absolute atomic E-state index is 11.4. The number of nitro groups is 1. The van der Waals surface area contributed by atoms with E-state index in [9.17, 15) is 18.5 Å². The first-order valence-electron chi connectivity index (χ1n) is 6.60. The van der Waals surface area contributed by atoms with Crippen molar-refractivity contribution in [3.8, 4) is 5.75 Å². The molecule has 1 aromatic rings. The molecule has 0 aliphatic carbocycles. The Hall–Kier alpha value is -1.67. The first kappa shape index (κ1) is 17.4. The zero-order valence-electron chi connectivity index (χ0n) is 12.1. The van der Waals surface area contributed by atoms with Gasteiger partial charge in [-0.2, -0.15) is 0 Å². The van der Waals surface area contributed by atoms with Gasteiger partial charge in [-0.25, -0.2) is 13.6 Å². The van der Waals surface area contributed by atoms with Gasteiger partial charge in [0.25, 0.3) is 0 Å². The standard InChI is InChI=1S/C13H20N2O5S/c1-3-13(4-2,10-21(14,18)19)9-20-12-8-6-5-7-11(12)15(16)17/h5-8H,3-4,9-10H2,1-2H3,(H2,14,18,19). The highest BCUT2D eigenvalue weighted by Crippen LogP contribution is 2.32. The number of nitrogens with two attached hydrogens (primary N) is 1. The number of hydrogen-bond acceptors (Lipinski definition) is 5. The molecule has 21 heavy (non-hydrogen) atoms. The fourth-order valence-electron chi connectivity index (χ4n) is 2.09. The Morgan fingerprint density at radius 1 is 1.29 bits per heavy atom. The highest BCUT2D eigenvalue weighted by molar-refractivity contribution is 7.89. The summed E-state index contributed by atoms with van der Waals surface area (Å²) in [5.74, 6) is -0.0867. The monoisotopic (exact) mass is 316 g/mol. The molecule has 0 heterocycles. The van der Waals surface area contributed by atoms with Gasteiger partial charge in [0.1, 0.15) is 0 Å². The largest absolute Gasteiger partial charge is 0.486 e. The predicted molar refractivity (Wildman–Crippen MR) is 79.6 cm³/mol. The number of para-hydroxylation sites is 2. The maximum atomic E-state index is 11.4. The van der Waals surface area contributed by atoms with Crippen LogP contribution in [0, 0.1) is 15.5 Å². The Morgan fingerprint density at radius 2 is 1.86 bits per heavy atom. The summed E-state index contributed by atoms with van der Waals surface area (Å²) < 4.78 is 28.3. The maximum Gasteiger partial charge on any atom is 0.310 e. The van der Waals surface area contributed by atoms with Crippen LogP contribution in [0.15, 0.2) is 24.3 Å². The summed E-state index contributed by atoms with van der Waals surface area (Å²) >= 11 is 0. The van der Waals surface area contributed by atoms with E-state index in [-0.39, 0.29) is 23.8 Å². The summed E-state index contributed by atoms with van der Waals surface area (Å²) in [6.07, 6.45) is 1.08. The van der Waals surface area contributed by atoms with Gasteiger partial charge in [-0.1, -0.05) is 26.0 Å². The number of hydrogen-bond donors (Lipinski definition) is 1. The number of nitrogens with zero attached hydrogens (tertiary/aromatic N) is 1. The summed E-state index contributed by atoms with van der Waals surface area (Å²) in [4.78, 5) is 10.4. The van der Waals surface area contributed by atoms with Crippen LogP contribution in [0.5, 0.6) is 5.75 Å². The van der Waals surface area contributed by atoms with Crippen molar-refractivity contribution < 1.29 is 18.1 Å². The van der Waals surface area contributed by atoms with Crippen LogP contribution in [0.1, 0.15) is 26.7 Å². The second kappa shape index (κ2) is 6.86. The first-order chi connectivity index (χ1) is 9.73. The third-order valence-corrected chi connectivity index (χ3v) is 4.62. The Balaban J connectivity index is 2.95. The molecule has 118 valence electrons. The van der Waals surface area contributed by atoms with Crippen LogP contribution in [-0.4, -0.2) is 25.7 Å². The van der Waals surface area contributed by atoms with Crippen molar-refractivity contribution in [1.29, 1.82) is 0 Å². The van der Waals surface area contributed by atoms with E-state index < -0.39 is 20.4 Å². The van der Waals surface area contributed by atoms with Crippen molar-refractivity contribution in [2.45, 2.75) is 26.7 Å². The van der Waals surface area contributed by atoms with E-state index in [1.54, 1.807) is 12.1 Å². The summed E-state index contributed by atoms with van der Waals surface area (Å²) in [7, 11) is -3.65. The molecular weight excluding hydrogens is 296 g/mol. The normalized spacial score (nSPS) is 12.1. The molecule has 0 saturated carbocycles. The number of primary sulfonamides is 1. The summed E-state index contributed by atoms with van der Waals surface area (Å²) in [6, 6.07) is 6.00. The summed E-state index contributed by atoms with van der Waals surface area (Å²) in [5, 5.41) is 16.1. The Bertz CT molecular complexity index is 596. The SMILES string of the molecule is CCC(CC)(COc1ccccc1[N+](=O)[O-])CS(N)(=O)=O. The van der Waals surface area contributed by atoms with Crippen molar-refractivity contribution in [2.24, 2.45) is 10.6 Å². The lowest BCUT2D eigenvalue weighted by Gasteiger charge is -2.30. The van der Waals surface area contributed by atoms with Crippen molar-refractivity contribution in [1.82, 2.24) is 0 Å². The molecule has 0 aromatic heterocycles. The van der Waals surface area contributed by atoms with Crippen LogP contribution in [-0.2, 0) is 10.0 Å². The zero-order valence-corrected chi connectivity index (χ0v) is 12.9. The molecule has 0 aliphatic rings. The minimum Gasteiger partial charge on any atom is -0.486 e. The lowest BCUT2D eigenvalue weighted by molar-refractivity contribution is -0.386. The Morgan fingerprint density at radius 3 is 2.33 bits per heavy atom. The predicted octanol–water partition coefficient (Wildman–Crippen LogP) is 2.07. The Labute approximate surface area is 124 Å². The molecule has 0 amide bonds. The second-order valence-electron chi connectivity index (χ2n) is 5.03. The van der Waals surface area contributed by atoms with Gasteiger partial charge in [0.05, 0.1) is 17.3 Å². The van der Waals surface area contributed by atoms with E-state index >= 15 is 0 Å². The fraction of sp³-hybridized carbons (Fsp3) is 0.538. The van der Waals surface area contributed by atoms with Gasteiger partial charge in [-0.15, -0.1) is 0 Å². The van der Waals surface area contributed by atoms with Gasteiger partial charge in [-0.3, -0.25) is 10.1 Å². The van der Waals surface area contributed by atoms with E-state index in [0.717, 1.165) is 0 Å². The number of nitro benzene ring substituents is 1. The van der Waals surface area contributed by atoms with Gasteiger partial charge in [0.2, 0.25) is 10.0 Å². The highest BCUT2D eigenvalue weighted by Gasteiger charge is 2.32. The molecule has 0 bridgehead atoms. The molecule has 0 spiro atoms. The van der Waals surface area contributed by atoms with Gasteiger partial charge in [0, 0.05) is 11.5 Å². The summed E-state index contributed by atoms with van der Waals surface area (Å²) in [6.45, 7) is 3.75. The summed E-state index contributed by atoms with van der Waals surface area (Å²) in [5.41, 5.74) is -0.800. The molecule has 1 aromatic carbocycles. The van der Waals surface area contributed by atoms with Crippen molar-refractivity contribution in [2.75, 3.05) is 12.4 Å². The molecule has 2 N–H and O–H groups in total. The number of sulfonamides is 1. The molecule has 0 fully saturated rings. The van der Waals surface area contributed by atoms with Crippen LogP contribution < -0.4 is 9.88 Å². The number of ether oxygens (including phenoxy) is 1. The quantitative estimate of drug-likeness (QED) is 0.582. The van der Waals surface area contributed by atoms with Crippen LogP contribution in [0.3, 0.4) is 0 Å². The molecule has 7 nitrogen and oxygen atoms in total. The molecule has 0 aliphatic heterocycles. The minimum atomic E-state index is -3.65. The van der Waals surface area contributed by atoms with Gasteiger partial charge in [-0.05, 0) is 18.9 Å². The fourth-order valence-corrected chi connectivity index (χ4v) is 3.43. The van der Waals surface area contributed by atoms with E-state index in [1.165, 1.54) is 12.1 Å². The first-order valence-corrected chi connectivity index (χ1v) is 8.31. The second-order valence-corrected chi connectivity index (χ2v) is 6.64. The third-order valence-electron chi connectivity index (χ3n) is 3.60. The molecule has 0 saturated heterocycles. The topological polar surface area (TPSA) is 113 Å². The van der Waals surface area contributed by atoms with Crippen molar-refractivity contribution in [3.05, 3.63) is 34.4 Å². The minimum absolute atomic E-state index is 0.0568. The zero-order chi connectivity index (χ0) is 16.1. The lowest BCUT2D eigenvalue weighted by atomic mass is 9.85. The van der Waals surface area contributed by atoms with Crippen LogP contribution >= 0.6 is 0 Å². The smallest absolute Gasteiger partial charge is 0.310 e. The van der Waals surface area contributed by atoms with Gasteiger partial charge >= 0.3 is 5.69 Å². The molecule has 0 atom stereocenters. The molecule has 8 heteroatoms. The number of benzene rings is 1. The average Bonchev–Trinajstić information content (AvgIpc) is 2.42. The van der Waals surface area contributed by atoms with Crippen molar-refractivity contribution in [3.63, 3.8) is 0 Å². The third kappa shape index (κ3) is 4.98. The lowest BCUT2D eigenvalue weighted by Crippen LogP contribution is -2.37. The molecule has 1 rings (SSSR count). The molecule has 0 radical (unpaired) electrons. The molecule has 0 unspecified atom stereocenters. The van der Waals surface area contributed by atoms with E-state index in [0.29, 0.717) is 12.8 Å². The van der Waals surface area contributed by atoms with Crippen molar-refractivity contribution >= 4 is 15.7 Å². The van der Waals surface area contributed by atoms with Crippen LogP contribution in [0.2, 0.25) is 0 Å². The number of rotatable bonds is 8. The highest BCUT2D eigenvalue weighted by atomic mass is 32.2. The van der Waals surface area contributed by atoms with E-state index in [4.69, 9.17) is 9.88 Å². The van der Waals surface area contributed by atoms with E-state index in [1.807, 2.05) is 13.8 Å². The Kier molecular flexibility index (Phi) is 5.68. The van der Waals surface area contributed by atoms with Crippen LogP contribution in [0.4, 0.5) is 5.69 Å². The molecular formula is C13H20N2O5S. The average molecular weight is 316 g/mol. The van der Waals surface area contributed by atoms with E-state index in [2.05, 4.69) is 0 Å². The van der Waals surface area contributed by atoms with Gasteiger partial charge < -0.3 is 4.74 Å². The van der Waals surface area contributed by atoms with Gasteiger partial charge in [0.15, 0.2) is 5.75 Å².